The number of fused-ring (bicyclic) bond motifs is 3. The molecule has 0 saturated heterocycles. The van der Waals surface area contributed by atoms with Crippen molar-refractivity contribution in [2.24, 2.45) is 7.05 Å². The second kappa shape index (κ2) is 8.15. The largest absolute Gasteiger partial charge is 0.456 e. The van der Waals surface area contributed by atoms with Gasteiger partial charge in [0.25, 0.3) is 0 Å². The van der Waals surface area contributed by atoms with Crippen molar-refractivity contribution < 1.29 is 22.7 Å². The van der Waals surface area contributed by atoms with Gasteiger partial charge in [0.05, 0.1) is 20.4 Å². The molecule has 0 N–H and O–H groups in total. The highest BCUT2D eigenvalue weighted by molar-refractivity contribution is 6.15. The third-order valence-electron chi connectivity index (χ3n) is 6.36. The van der Waals surface area contributed by atoms with E-state index in [0.29, 0.717) is 38.9 Å². The number of hydrogen-bond donors (Lipinski definition) is 0. The summed E-state index contributed by atoms with van der Waals surface area (Å²) < 4.78 is 91.7. The molecule has 168 valence electrons. The van der Waals surface area contributed by atoms with Crippen molar-refractivity contribution in [1.82, 2.24) is 0 Å². The Labute approximate surface area is 215 Å². The topological polar surface area (TPSA) is 21.4 Å². The maximum atomic E-state index is 9.19. The highest BCUT2D eigenvalue weighted by atomic mass is 16.3. The Morgan fingerprint density at radius 3 is 2.35 bits per heavy atom. The van der Waals surface area contributed by atoms with Crippen LogP contribution in [-0.4, -0.2) is 0 Å². The van der Waals surface area contributed by atoms with Crippen LogP contribution >= 0.6 is 0 Å². The number of benzene rings is 3. The first-order valence-corrected chi connectivity index (χ1v) is 10.8. The molecule has 2 aromatic heterocycles. The van der Waals surface area contributed by atoms with Gasteiger partial charge in [0.15, 0.2) is 11.4 Å². The van der Waals surface area contributed by atoms with Crippen LogP contribution in [0.1, 0.15) is 55.8 Å². The van der Waals surface area contributed by atoms with Gasteiger partial charge < -0.3 is 4.42 Å². The van der Waals surface area contributed by atoms with Crippen molar-refractivity contribution in [1.29, 1.82) is 0 Å². The number of rotatable bonds is 3. The zero-order valence-electron chi connectivity index (χ0n) is 29.6. The summed E-state index contributed by atoms with van der Waals surface area (Å²) in [7, 11) is 1.71. The molecule has 5 aromatic rings. The van der Waals surface area contributed by atoms with E-state index in [9.17, 15) is 1.37 Å². The van der Waals surface area contributed by atoms with Crippen LogP contribution in [0.4, 0.5) is 5.69 Å². The third-order valence-corrected chi connectivity index (χ3v) is 6.36. The lowest BCUT2D eigenvalue weighted by Gasteiger charge is -2.15. The second-order valence-corrected chi connectivity index (χ2v) is 8.43. The van der Waals surface area contributed by atoms with E-state index in [1.807, 2.05) is 19.1 Å². The number of aromatic nitrogens is 1. The van der Waals surface area contributed by atoms with E-state index in [1.165, 1.54) is 13.0 Å². The van der Waals surface area contributed by atoms with Crippen molar-refractivity contribution in [3.05, 3.63) is 94.3 Å². The van der Waals surface area contributed by atoms with Crippen molar-refractivity contribution in [3.63, 3.8) is 0 Å². The van der Waals surface area contributed by atoms with Gasteiger partial charge in [-0.15, -0.1) is 0 Å². The van der Waals surface area contributed by atoms with E-state index >= 15 is 0 Å². The molecule has 0 amide bonds. The predicted octanol–water partition coefficient (Wildman–Crippen LogP) is 8.34. The minimum absolute atomic E-state index is 0.0274. The number of hydrogen-bond acceptors (Lipinski definition) is 1. The van der Waals surface area contributed by atoms with E-state index in [4.69, 9.17) is 23.3 Å². The van der Waals surface area contributed by atoms with Gasteiger partial charge in [-0.1, -0.05) is 68.3 Å². The molecule has 0 aliphatic carbocycles. The molecule has 0 spiro atoms. The van der Waals surface area contributed by atoms with E-state index < -0.39 is 43.0 Å². The second-order valence-electron chi connectivity index (χ2n) is 8.43. The van der Waals surface area contributed by atoms with Crippen LogP contribution in [0, 0.1) is 27.3 Å². The highest BCUT2D eigenvalue weighted by Gasteiger charge is 2.26. The zero-order valence-corrected chi connectivity index (χ0v) is 19.6. The van der Waals surface area contributed by atoms with Crippen LogP contribution in [0.3, 0.4) is 0 Å². The minimum Gasteiger partial charge on any atom is -0.456 e. The molecule has 0 saturated carbocycles. The summed E-state index contributed by atoms with van der Waals surface area (Å²) in [4.78, 5) is 3.59. The fourth-order valence-corrected chi connectivity index (χ4v) is 4.71. The lowest BCUT2D eigenvalue weighted by molar-refractivity contribution is -0.667. The monoisotopic (exact) mass is 455 g/mol. The Morgan fingerprint density at radius 2 is 1.68 bits per heavy atom. The number of pyridine rings is 1. The number of furan rings is 1. The molecule has 0 fully saturated rings. The van der Waals surface area contributed by atoms with Crippen molar-refractivity contribution >= 4 is 27.6 Å². The summed E-state index contributed by atoms with van der Waals surface area (Å²) in [6.07, 6.45) is 0. The van der Waals surface area contributed by atoms with Crippen LogP contribution < -0.4 is 4.57 Å². The first-order valence-electron chi connectivity index (χ1n) is 15.8. The van der Waals surface area contributed by atoms with Gasteiger partial charge in [0.1, 0.15) is 18.2 Å². The van der Waals surface area contributed by atoms with Crippen molar-refractivity contribution in [2.75, 3.05) is 0 Å². The predicted molar refractivity (Wildman–Crippen MR) is 140 cm³/mol. The van der Waals surface area contributed by atoms with Gasteiger partial charge in [-0.2, -0.15) is 4.57 Å². The molecule has 0 aliphatic heterocycles. The Hall–Kier alpha value is -3.90. The zero-order chi connectivity index (χ0) is 32.8. The molecule has 0 radical (unpaired) electrons. The first kappa shape index (κ1) is 13.1. The molecular formula is C31H29N2O+. The first-order chi connectivity index (χ1) is 20.4. The average molecular weight is 456 g/mol. The summed E-state index contributed by atoms with van der Waals surface area (Å²) >= 11 is 0. The lowest BCUT2D eigenvalue weighted by Crippen LogP contribution is -2.37. The minimum atomic E-state index is -2.64. The van der Waals surface area contributed by atoms with Gasteiger partial charge >= 0.3 is 0 Å². The maximum Gasteiger partial charge on any atom is 0.216 e. The number of nitrogens with zero attached hydrogens (tertiary/aromatic N) is 2. The van der Waals surface area contributed by atoms with Gasteiger partial charge in [-0.05, 0) is 36.4 Å². The quantitative estimate of drug-likeness (QED) is 0.198. The summed E-state index contributed by atoms with van der Waals surface area (Å²) in [6, 6.07) is 4.41. The number of aryl methyl sites for hydroxylation is 1. The van der Waals surface area contributed by atoms with Crippen LogP contribution in [0.25, 0.3) is 49.2 Å². The van der Waals surface area contributed by atoms with Gasteiger partial charge in [0.2, 0.25) is 5.69 Å². The van der Waals surface area contributed by atoms with E-state index in [-0.39, 0.29) is 34.0 Å². The molecule has 34 heavy (non-hydrogen) atoms. The Kier molecular flexibility index (Phi) is 3.14. The van der Waals surface area contributed by atoms with Crippen LogP contribution in [0.2, 0.25) is 0 Å². The van der Waals surface area contributed by atoms with Gasteiger partial charge in [0, 0.05) is 40.3 Å². The molecule has 0 aliphatic rings. The lowest BCUT2D eigenvalue weighted by atomic mass is 9.93. The summed E-state index contributed by atoms with van der Waals surface area (Å²) in [6.45, 7) is 11.7. The molecule has 3 heteroatoms. The Morgan fingerprint density at radius 1 is 1.00 bits per heavy atom. The normalized spacial score (nSPS) is 17.8. The van der Waals surface area contributed by atoms with E-state index in [2.05, 4.69) is 4.85 Å². The van der Waals surface area contributed by atoms with Gasteiger partial charge in [-0.25, -0.2) is 4.85 Å². The SMILES string of the molecule is [2H]c1c([2H])c([2H])c(-c2c([N+]#[C-])ccc3c2oc2c(-c4c([2H])c(C)c(C([2H])(C)C([2H])([2H])[2H])c(C)[n+]4C)c(C)ccc23)c([2H])c1[2H]. The van der Waals surface area contributed by atoms with Crippen molar-refractivity contribution in [2.45, 2.75) is 40.4 Å². The summed E-state index contributed by atoms with van der Waals surface area (Å²) in [5.41, 5.74) is 3.33. The molecule has 3 nitrogen and oxygen atoms in total. The Balaban J connectivity index is 1.94. The summed E-state index contributed by atoms with van der Waals surface area (Å²) in [5.74, 6) is -1.97. The Bertz CT molecular complexity index is 2040. The smallest absolute Gasteiger partial charge is 0.216 e. The molecule has 2 heterocycles. The molecule has 1 atom stereocenters. The maximum absolute atomic E-state index is 9.19. The van der Waals surface area contributed by atoms with E-state index in [0.717, 1.165) is 5.56 Å². The van der Waals surface area contributed by atoms with Crippen LogP contribution in [-0.2, 0) is 7.05 Å². The molecule has 3 aromatic carbocycles. The molecular weight excluding hydrogens is 416 g/mol. The third kappa shape index (κ3) is 3.22. The fraction of sp³-hybridized carbons (Fsp3) is 0.226. The van der Waals surface area contributed by atoms with E-state index in [1.54, 1.807) is 31.5 Å². The molecule has 0 bridgehead atoms. The highest BCUT2D eigenvalue weighted by Crippen LogP contribution is 2.44. The van der Waals surface area contributed by atoms with Gasteiger partial charge in [-0.3, -0.25) is 0 Å². The fourth-order valence-electron chi connectivity index (χ4n) is 4.71. The van der Waals surface area contributed by atoms with Crippen LogP contribution in [0.15, 0.2) is 64.9 Å². The average Bonchev–Trinajstić information content (AvgIpc) is 3.33. The summed E-state index contributed by atoms with van der Waals surface area (Å²) in [5, 5.41) is 1.17. The molecule has 5 rings (SSSR count). The van der Waals surface area contributed by atoms with Crippen LogP contribution in [0.5, 0.6) is 0 Å². The standard InChI is InChI=1S/C31H29N2O/c1-18(2)27-20(4)17-26(33(7)21(27)5)28-19(3)13-14-23-24-15-16-25(32-6)29(31(24)34-30(23)28)22-11-9-8-10-12-22/h8-18H,1-5,7H3/q+1/i1D3,8D,9D,10D,11D,12D,17D,18D. The molecule has 1 unspecified atom stereocenters. The van der Waals surface area contributed by atoms with Crippen molar-refractivity contribution in [3.8, 4) is 22.4 Å².